The molecule has 0 rings (SSSR count). The van der Waals surface area contributed by atoms with E-state index in [1.54, 1.807) is 0 Å². The van der Waals surface area contributed by atoms with Crippen LogP contribution in [0.5, 0.6) is 0 Å². The molecule has 0 unspecified atom stereocenters. The predicted molar refractivity (Wildman–Crippen MR) is 55.3 cm³/mol. The van der Waals surface area contributed by atoms with Crippen molar-refractivity contribution in [2.75, 3.05) is 20.8 Å². The summed E-state index contributed by atoms with van der Waals surface area (Å²) in [6.45, 7) is 2.50. The van der Waals surface area contributed by atoms with Crippen molar-refractivity contribution in [3.63, 3.8) is 0 Å². The third-order valence-corrected chi connectivity index (χ3v) is 2.07. The summed E-state index contributed by atoms with van der Waals surface area (Å²) in [6, 6.07) is -0.285. The molecule has 0 fully saturated rings. The topological polar surface area (TPSA) is 64.6 Å². The first kappa shape index (κ1) is 13.9. The predicted octanol–water partition coefficient (Wildman–Crippen LogP) is 0.481. The third-order valence-electron chi connectivity index (χ3n) is 2.07. The van der Waals surface area contributed by atoms with Crippen LogP contribution in [0.2, 0.25) is 0 Å². The van der Waals surface area contributed by atoms with Crippen LogP contribution in [0.3, 0.4) is 0 Å². The second kappa shape index (κ2) is 8.23. The Morgan fingerprint density at radius 2 is 1.93 bits per heavy atom. The van der Waals surface area contributed by atoms with Gasteiger partial charge in [0.2, 0.25) is 0 Å². The maximum atomic E-state index is 11.2. The number of hydrogen-bond donors (Lipinski definition) is 1. The summed E-state index contributed by atoms with van der Waals surface area (Å²) in [5.74, 6) is -0.501. The van der Waals surface area contributed by atoms with Gasteiger partial charge in [0.05, 0.1) is 14.2 Å². The summed E-state index contributed by atoms with van der Waals surface area (Å²) in [5.41, 5.74) is 0. The van der Waals surface area contributed by atoms with Gasteiger partial charge in [-0.15, -0.1) is 0 Å². The number of carbonyl (C=O) groups is 2. The fourth-order valence-electron chi connectivity index (χ4n) is 1.15. The van der Waals surface area contributed by atoms with Crippen LogP contribution in [0, 0.1) is 0 Å². The van der Waals surface area contributed by atoms with Crippen molar-refractivity contribution in [1.29, 1.82) is 0 Å². The zero-order valence-corrected chi connectivity index (χ0v) is 9.54. The summed E-state index contributed by atoms with van der Waals surface area (Å²) in [5, 5.41) is 3.02. The van der Waals surface area contributed by atoms with Gasteiger partial charge in [-0.2, -0.15) is 0 Å². The van der Waals surface area contributed by atoms with Crippen molar-refractivity contribution in [3.05, 3.63) is 0 Å². The van der Waals surface area contributed by atoms with Gasteiger partial charge in [0, 0.05) is 6.42 Å². The first-order valence-electron chi connectivity index (χ1n) is 5.03. The molecule has 5 nitrogen and oxygen atoms in total. The highest BCUT2D eigenvalue weighted by molar-refractivity contribution is 5.75. The molecule has 0 bridgehead atoms. The summed E-state index contributed by atoms with van der Waals surface area (Å²) in [4.78, 5) is 21.9. The Morgan fingerprint density at radius 3 is 2.40 bits per heavy atom. The number of carbonyl (C=O) groups excluding carboxylic acids is 2. The minimum absolute atomic E-state index is 0.233. The molecule has 0 aromatic heterocycles. The van der Waals surface area contributed by atoms with Gasteiger partial charge in [-0.3, -0.25) is 9.59 Å². The molecule has 1 N–H and O–H groups in total. The summed E-state index contributed by atoms with van der Waals surface area (Å²) >= 11 is 0. The van der Waals surface area contributed by atoms with Crippen molar-refractivity contribution < 1.29 is 19.1 Å². The van der Waals surface area contributed by atoms with Gasteiger partial charge >= 0.3 is 11.9 Å². The second-order valence-corrected chi connectivity index (χ2v) is 3.12. The van der Waals surface area contributed by atoms with E-state index in [0.717, 1.165) is 0 Å². The van der Waals surface area contributed by atoms with E-state index in [-0.39, 0.29) is 18.0 Å². The fourth-order valence-corrected chi connectivity index (χ4v) is 1.15. The number of rotatable bonds is 7. The number of esters is 2. The Balaban J connectivity index is 3.64. The van der Waals surface area contributed by atoms with E-state index in [2.05, 4.69) is 14.8 Å². The molecule has 0 amide bonds. The lowest BCUT2D eigenvalue weighted by Gasteiger charge is -2.13. The molecule has 88 valence electrons. The van der Waals surface area contributed by atoms with Crippen LogP contribution in [0.1, 0.15) is 26.2 Å². The summed E-state index contributed by atoms with van der Waals surface area (Å²) < 4.78 is 9.10. The Labute approximate surface area is 90.1 Å². The number of ether oxygens (including phenoxy) is 2. The number of hydrogen-bond acceptors (Lipinski definition) is 5. The number of methoxy groups -OCH3 is 2. The Hall–Kier alpha value is -1.10. The Morgan fingerprint density at radius 1 is 1.27 bits per heavy atom. The number of nitrogens with one attached hydrogen (secondary N) is 1. The zero-order chi connectivity index (χ0) is 11.7. The lowest BCUT2D eigenvalue weighted by molar-refractivity contribution is -0.143. The van der Waals surface area contributed by atoms with Crippen molar-refractivity contribution in [1.82, 2.24) is 5.32 Å². The molecule has 0 heterocycles. The highest BCUT2D eigenvalue weighted by Gasteiger charge is 2.15. The molecule has 0 radical (unpaired) electrons. The molecule has 0 spiro atoms. The second-order valence-electron chi connectivity index (χ2n) is 3.12. The van der Waals surface area contributed by atoms with Gasteiger partial charge in [-0.1, -0.05) is 6.92 Å². The van der Waals surface area contributed by atoms with Crippen LogP contribution in [0.15, 0.2) is 0 Å². The smallest absolute Gasteiger partial charge is 0.322 e. The maximum Gasteiger partial charge on any atom is 0.322 e. The van der Waals surface area contributed by atoms with Gasteiger partial charge in [-0.05, 0) is 19.4 Å². The quantitative estimate of drug-likeness (QED) is 0.496. The molecule has 0 aliphatic carbocycles. The van der Waals surface area contributed by atoms with Gasteiger partial charge < -0.3 is 14.8 Å². The average Bonchev–Trinajstić information content (AvgIpc) is 2.27. The lowest BCUT2D eigenvalue weighted by Crippen LogP contribution is -2.37. The Kier molecular flexibility index (Phi) is 7.62. The molecular weight excluding hydrogens is 198 g/mol. The standard InChI is InChI=1S/C10H19NO4/c1-4-8(10(13)15-3)11-7-5-6-9(12)14-2/h8,11H,4-7H2,1-3H3/t8-/m1/s1. The largest absolute Gasteiger partial charge is 0.469 e. The van der Waals surface area contributed by atoms with Crippen molar-refractivity contribution in [2.24, 2.45) is 0 Å². The highest BCUT2D eigenvalue weighted by atomic mass is 16.5. The molecule has 0 saturated carbocycles. The molecule has 0 aliphatic heterocycles. The van der Waals surface area contributed by atoms with Crippen LogP contribution in [-0.4, -0.2) is 38.7 Å². The minimum Gasteiger partial charge on any atom is -0.469 e. The van der Waals surface area contributed by atoms with Crippen LogP contribution in [0.4, 0.5) is 0 Å². The van der Waals surface area contributed by atoms with Gasteiger partial charge in [0.25, 0.3) is 0 Å². The molecule has 1 atom stereocenters. The molecular formula is C10H19NO4. The molecule has 0 aromatic carbocycles. The van der Waals surface area contributed by atoms with E-state index in [1.165, 1.54) is 14.2 Å². The lowest BCUT2D eigenvalue weighted by atomic mass is 10.2. The average molecular weight is 217 g/mol. The van der Waals surface area contributed by atoms with Crippen LogP contribution in [-0.2, 0) is 19.1 Å². The first-order chi connectivity index (χ1) is 7.15. The molecule has 0 aliphatic rings. The van der Waals surface area contributed by atoms with Gasteiger partial charge in [0.1, 0.15) is 6.04 Å². The monoisotopic (exact) mass is 217 g/mol. The Bertz CT molecular complexity index is 206. The fraction of sp³-hybridized carbons (Fsp3) is 0.800. The van der Waals surface area contributed by atoms with E-state index >= 15 is 0 Å². The zero-order valence-electron chi connectivity index (χ0n) is 9.54. The molecule has 0 saturated heterocycles. The summed E-state index contributed by atoms with van der Waals surface area (Å²) in [6.07, 6.45) is 1.69. The first-order valence-corrected chi connectivity index (χ1v) is 5.03. The van der Waals surface area contributed by atoms with E-state index in [1.807, 2.05) is 6.92 Å². The SMILES string of the molecule is CC[C@@H](NCCCC(=O)OC)C(=O)OC. The van der Waals surface area contributed by atoms with Crippen molar-refractivity contribution in [3.8, 4) is 0 Å². The minimum atomic E-state index is -0.285. The normalized spacial score (nSPS) is 11.9. The van der Waals surface area contributed by atoms with Gasteiger partial charge in [0.15, 0.2) is 0 Å². The van der Waals surface area contributed by atoms with Crippen LogP contribution < -0.4 is 5.32 Å². The highest BCUT2D eigenvalue weighted by Crippen LogP contribution is 1.96. The van der Waals surface area contributed by atoms with E-state index in [9.17, 15) is 9.59 Å². The molecule has 0 aromatic rings. The molecule has 15 heavy (non-hydrogen) atoms. The molecule has 5 heteroatoms. The third kappa shape index (κ3) is 6.06. The van der Waals surface area contributed by atoms with Crippen LogP contribution in [0.25, 0.3) is 0 Å². The van der Waals surface area contributed by atoms with E-state index < -0.39 is 0 Å². The van der Waals surface area contributed by atoms with Crippen molar-refractivity contribution in [2.45, 2.75) is 32.2 Å². The van der Waals surface area contributed by atoms with E-state index in [4.69, 9.17) is 0 Å². The maximum absolute atomic E-state index is 11.2. The van der Waals surface area contributed by atoms with Gasteiger partial charge in [-0.25, -0.2) is 0 Å². The van der Waals surface area contributed by atoms with Crippen molar-refractivity contribution >= 4 is 11.9 Å². The summed E-state index contributed by atoms with van der Waals surface area (Å²) in [7, 11) is 2.72. The van der Waals surface area contributed by atoms with Crippen LogP contribution >= 0.6 is 0 Å². The van der Waals surface area contributed by atoms with E-state index in [0.29, 0.717) is 25.8 Å².